The largest absolute Gasteiger partial charge is 0.396 e. The Morgan fingerprint density at radius 2 is 2.05 bits per heavy atom. The lowest BCUT2D eigenvalue weighted by atomic mass is 10.1. The smallest absolute Gasteiger partial charge is 0.246 e. The summed E-state index contributed by atoms with van der Waals surface area (Å²) in [6, 6.07) is 5.89. The molecule has 0 aliphatic carbocycles. The first-order valence-corrected chi connectivity index (χ1v) is 6.96. The van der Waals surface area contributed by atoms with Crippen LogP contribution in [-0.2, 0) is 17.8 Å². The van der Waals surface area contributed by atoms with Gasteiger partial charge in [0.05, 0.1) is 5.69 Å². The van der Waals surface area contributed by atoms with Crippen LogP contribution in [0.1, 0.15) is 23.2 Å². The van der Waals surface area contributed by atoms with E-state index in [2.05, 4.69) is 15.6 Å². The lowest BCUT2D eigenvalue weighted by Gasteiger charge is -2.11. The second-order valence-corrected chi connectivity index (χ2v) is 5.05. The molecule has 0 saturated heterocycles. The van der Waals surface area contributed by atoms with Crippen molar-refractivity contribution >= 4 is 11.6 Å². The topological polar surface area (TPSA) is 80.0 Å². The second kappa shape index (κ2) is 6.99. The highest BCUT2D eigenvalue weighted by molar-refractivity contribution is 5.92. The summed E-state index contributed by atoms with van der Waals surface area (Å²) in [6.07, 6.45) is 3.04. The van der Waals surface area contributed by atoms with E-state index in [-0.39, 0.29) is 19.1 Å². The molecule has 2 aromatic rings. The van der Waals surface area contributed by atoms with E-state index in [4.69, 9.17) is 5.11 Å². The zero-order valence-electron chi connectivity index (χ0n) is 12.3. The quantitative estimate of drug-likeness (QED) is 0.843. The minimum atomic E-state index is -0.133. The molecular weight excluding hydrogens is 268 g/mol. The van der Waals surface area contributed by atoms with Gasteiger partial charge in [0, 0.05) is 18.5 Å². The van der Waals surface area contributed by atoms with Crippen molar-refractivity contribution in [2.75, 3.05) is 11.9 Å². The number of benzene rings is 1. The molecule has 0 aliphatic rings. The molecule has 0 spiro atoms. The SMILES string of the molecule is Cc1cccc(C)c1NC(=O)Cn1cc(CCCO)nn1. The maximum Gasteiger partial charge on any atom is 0.246 e. The van der Waals surface area contributed by atoms with Crippen molar-refractivity contribution in [2.45, 2.75) is 33.2 Å². The molecular formula is C15H20N4O2. The average Bonchev–Trinajstić information content (AvgIpc) is 2.88. The number of aliphatic hydroxyl groups is 1. The zero-order valence-corrected chi connectivity index (χ0v) is 12.3. The highest BCUT2D eigenvalue weighted by atomic mass is 16.2. The molecule has 0 unspecified atom stereocenters. The van der Waals surface area contributed by atoms with E-state index < -0.39 is 0 Å². The monoisotopic (exact) mass is 288 g/mol. The Bertz CT molecular complexity index is 602. The number of carbonyl (C=O) groups excluding carboxylic acids is 1. The molecule has 0 fully saturated rings. The van der Waals surface area contributed by atoms with Crippen LogP contribution >= 0.6 is 0 Å². The first kappa shape index (κ1) is 15.2. The molecule has 1 amide bonds. The Morgan fingerprint density at radius 1 is 1.33 bits per heavy atom. The fourth-order valence-corrected chi connectivity index (χ4v) is 2.13. The molecule has 0 bridgehead atoms. The van der Waals surface area contributed by atoms with Crippen LogP contribution in [0.15, 0.2) is 24.4 Å². The predicted octanol–water partition coefficient (Wildman–Crippen LogP) is 1.46. The molecule has 6 nitrogen and oxygen atoms in total. The Hall–Kier alpha value is -2.21. The Kier molecular flexibility index (Phi) is 5.05. The standard InChI is InChI=1S/C15H20N4O2/c1-11-5-3-6-12(2)15(11)16-14(21)10-19-9-13(17-18-19)7-4-8-20/h3,5-6,9,20H,4,7-8,10H2,1-2H3,(H,16,21). The van der Waals surface area contributed by atoms with Gasteiger partial charge in [-0.05, 0) is 37.8 Å². The third-order valence-electron chi connectivity index (χ3n) is 3.23. The molecule has 0 atom stereocenters. The van der Waals surface area contributed by atoms with Gasteiger partial charge >= 0.3 is 0 Å². The van der Waals surface area contributed by atoms with Gasteiger partial charge in [-0.2, -0.15) is 0 Å². The van der Waals surface area contributed by atoms with E-state index in [1.165, 1.54) is 4.68 Å². The fourth-order valence-electron chi connectivity index (χ4n) is 2.13. The van der Waals surface area contributed by atoms with Crippen molar-refractivity contribution in [2.24, 2.45) is 0 Å². The fraction of sp³-hybridized carbons (Fsp3) is 0.400. The summed E-state index contributed by atoms with van der Waals surface area (Å²) < 4.78 is 1.51. The number of hydrogen-bond donors (Lipinski definition) is 2. The molecule has 21 heavy (non-hydrogen) atoms. The minimum absolute atomic E-state index is 0.125. The highest BCUT2D eigenvalue weighted by Crippen LogP contribution is 2.19. The molecule has 1 aromatic carbocycles. The normalized spacial score (nSPS) is 10.6. The van der Waals surface area contributed by atoms with Crippen LogP contribution in [0.2, 0.25) is 0 Å². The number of nitrogens with zero attached hydrogens (tertiary/aromatic N) is 3. The van der Waals surface area contributed by atoms with E-state index in [9.17, 15) is 4.79 Å². The summed E-state index contributed by atoms with van der Waals surface area (Å²) in [5.41, 5.74) is 3.70. The van der Waals surface area contributed by atoms with Gasteiger partial charge in [0.25, 0.3) is 0 Å². The Morgan fingerprint density at radius 3 is 2.71 bits per heavy atom. The maximum atomic E-state index is 12.1. The number of aryl methyl sites for hydroxylation is 3. The summed E-state index contributed by atoms with van der Waals surface area (Å²) >= 11 is 0. The lowest BCUT2D eigenvalue weighted by Crippen LogP contribution is -2.20. The Labute approximate surface area is 123 Å². The van der Waals surface area contributed by atoms with Crippen LogP contribution in [0.5, 0.6) is 0 Å². The molecule has 0 saturated carbocycles. The minimum Gasteiger partial charge on any atom is -0.396 e. The molecule has 0 aliphatic heterocycles. The summed E-state index contributed by atoms with van der Waals surface area (Å²) in [5.74, 6) is -0.133. The molecule has 2 rings (SSSR count). The van der Waals surface area contributed by atoms with Gasteiger partial charge in [0.15, 0.2) is 0 Å². The van der Waals surface area contributed by atoms with Gasteiger partial charge in [-0.25, -0.2) is 4.68 Å². The number of carbonyl (C=O) groups is 1. The first-order chi connectivity index (χ1) is 10.1. The molecule has 1 aromatic heterocycles. The van der Waals surface area contributed by atoms with Crippen molar-refractivity contribution in [3.05, 3.63) is 41.2 Å². The van der Waals surface area contributed by atoms with Gasteiger partial charge < -0.3 is 10.4 Å². The maximum absolute atomic E-state index is 12.1. The number of aromatic nitrogens is 3. The second-order valence-electron chi connectivity index (χ2n) is 5.05. The molecule has 0 radical (unpaired) electrons. The van der Waals surface area contributed by atoms with Crippen molar-refractivity contribution < 1.29 is 9.90 Å². The van der Waals surface area contributed by atoms with Crippen LogP contribution in [0.3, 0.4) is 0 Å². The van der Waals surface area contributed by atoms with E-state index in [0.29, 0.717) is 12.8 Å². The summed E-state index contributed by atoms with van der Waals surface area (Å²) in [5, 5.41) is 19.6. The average molecular weight is 288 g/mol. The Balaban J connectivity index is 1.97. The number of para-hydroxylation sites is 1. The number of amides is 1. The van der Waals surface area contributed by atoms with Gasteiger partial charge in [-0.3, -0.25) is 4.79 Å². The number of hydrogen-bond acceptors (Lipinski definition) is 4. The molecule has 1 heterocycles. The summed E-state index contributed by atoms with van der Waals surface area (Å²) in [7, 11) is 0. The van der Waals surface area contributed by atoms with E-state index in [0.717, 1.165) is 22.5 Å². The van der Waals surface area contributed by atoms with E-state index >= 15 is 0 Å². The predicted molar refractivity (Wildman–Crippen MR) is 80.0 cm³/mol. The van der Waals surface area contributed by atoms with Crippen molar-refractivity contribution in [1.82, 2.24) is 15.0 Å². The molecule has 2 N–H and O–H groups in total. The van der Waals surface area contributed by atoms with Crippen molar-refractivity contribution in [1.29, 1.82) is 0 Å². The number of rotatable bonds is 6. The summed E-state index contributed by atoms with van der Waals surface area (Å²) in [4.78, 5) is 12.1. The molecule has 6 heteroatoms. The zero-order chi connectivity index (χ0) is 15.2. The van der Waals surface area contributed by atoms with E-state index in [1.54, 1.807) is 6.20 Å². The van der Waals surface area contributed by atoms with Gasteiger partial charge in [0.1, 0.15) is 6.54 Å². The molecule has 112 valence electrons. The van der Waals surface area contributed by atoms with Crippen LogP contribution in [-0.4, -0.2) is 32.6 Å². The van der Waals surface area contributed by atoms with E-state index in [1.807, 2.05) is 32.0 Å². The number of nitrogens with one attached hydrogen (secondary N) is 1. The van der Waals surface area contributed by atoms with Crippen LogP contribution in [0.25, 0.3) is 0 Å². The highest BCUT2D eigenvalue weighted by Gasteiger charge is 2.09. The summed E-state index contributed by atoms with van der Waals surface area (Å²) in [6.45, 7) is 4.18. The van der Waals surface area contributed by atoms with Crippen molar-refractivity contribution in [3.63, 3.8) is 0 Å². The van der Waals surface area contributed by atoms with Crippen molar-refractivity contribution in [3.8, 4) is 0 Å². The third-order valence-corrected chi connectivity index (χ3v) is 3.23. The van der Waals surface area contributed by atoms with Crippen LogP contribution < -0.4 is 5.32 Å². The van der Waals surface area contributed by atoms with Crippen LogP contribution in [0, 0.1) is 13.8 Å². The van der Waals surface area contributed by atoms with Gasteiger partial charge in [-0.1, -0.05) is 23.4 Å². The number of anilines is 1. The van der Waals surface area contributed by atoms with Gasteiger partial charge in [-0.15, -0.1) is 5.10 Å². The van der Waals surface area contributed by atoms with Crippen LogP contribution in [0.4, 0.5) is 5.69 Å². The third kappa shape index (κ3) is 4.13. The van der Waals surface area contributed by atoms with Gasteiger partial charge in [0.2, 0.25) is 5.91 Å². The number of aliphatic hydroxyl groups excluding tert-OH is 1. The lowest BCUT2D eigenvalue weighted by molar-refractivity contribution is -0.116. The first-order valence-electron chi connectivity index (χ1n) is 6.96.